The van der Waals surface area contributed by atoms with E-state index >= 15 is 0 Å². The van der Waals surface area contributed by atoms with Crippen LogP contribution in [0.3, 0.4) is 0 Å². The summed E-state index contributed by atoms with van der Waals surface area (Å²) >= 11 is 1.75. The normalized spacial score (nSPS) is 17.2. The molecule has 0 radical (unpaired) electrons. The second-order valence-corrected chi connectivity index (χ2v) is 11.2. The van der Waals surface area contributed by atoms with Crippen molar-refractivity contribution in [3.63, 3.8) is 0 Å². The molecule has 0 amide bonds. The molecule has 1 aromatic heterocycles. The molecular formula is C27H48O4S. The molecule has 4 nitrogen and oxygen atoms in total. The zero-order valence-corrected chi connectivity index (χ0v) is 22.4. The highest BCUT2D eigenvalue weighted by Crippen LogP contribution is 2.44. The first-order chi connectivity index (χ1) is 15.5. The maximum absolute atomic E-state index is 6.34. The van der Waals surface area contributed by atoms with Crippen LogP contribution in [0.25, 0.3) is 0 Å². The van der Waals surface area contributed by atoms with Gasteiger partial charge in [-0.15, -0.1) is 11.3 Å². The SMILES string of the molecule is CCCCC(CC)COCC1(COCC(CC)CCCC)COc2c(C)sc(C)c2OC1. The van der Waals surface area contributed by atoms with Gasteiger partial charge in [-0.25, -0.2) is 0 Å². The number of hydrogen-bond acceptors (Lipinski definition) is 5. The van der Waals surface area contributed by atoms with Gasteiger partial charge < -0.3 is 18.9 Å². The summed E-state index contributed by atoms with van der Waals surface area (Å²) < 4.78 is 25.3. The molecule has 0 saturated carbocycles. The molecule has 0 saturated heterocycles. The van der Waals surface area contributed by atoms with Crippen molar-refractivity contribution in [2.24, 2.45) is 17.3 Å². The van der Waals surface area contributed by atoms with Crippen molar-refractivity contribution >= 4 is 11.3 Å². The molecule has 0 fully saturated rings. The van der Waals surface area contributed by atoms with Crippen molar-refractivity contribution in [3.05, 3.63) is 9.75 Å². The summed E-state index contributed by atoms with van der Waals surface area (Å²) in [5.74, 6) is 3.09. The summed E-state index contributed by atoms with van der Waals surface area (Å²) in [5.41, 5.74) is -0.276. The van der Waals surface area contributed by atoms with Crippen LogP contribution in [0, 0.1) is 31.1 Å². The van der Waals surface area contributed by atoms with Crippen molar-refractivity contribution in [2.45, 2.75) is 92.9 Å². The Kier molecular flexibility index (Phi) is 12.4. The van der Waals surface area contributed by atoms with E-state index in [1.54, 1.807) is 11.3 Å². The Hall–Kier alpha value is -0.780. The lowest BCUT2D eigenvalue weighted by Gasteiger charge is -2.32. The molecule has 5 heteroatoms. The minimum atomic E-state index is -0.276. The monoisotopic (exact) mass is 468 g/mol. The highest BCUT2D eigenvalue weighted by atomic mass is 32.1. The summed E-state index contributed by atoms with van der Waals surface area (Å²) in [5, 5.41) is 0. The van der Waals surface area contributed by atoms with Gasteiger partial charge in [0.05, 0.1) is 18.6 Å². The van der Waals surface area contributed by atoms with E-state index in [9.17, 15) is 0 Å². The van der Waals surface area contributed by atoms with Gasteiger partial charge in [0.1, 0.15) is 13.2 Å². The standard InChI is InChI=1S/C27H48O4S/c1-7-11-13-23(9-3)15-28-17-27(18-29-16-24(10-4)14-12-8-2)19-30-25-21(5)32-22(6)26(25)31-20-27/h23-24H,7-20H2,1-6H3. The Morgan fingerprint density at radius 1 is 0.781 bits per heavy atom. The summed E-state index contributed by atoms with van der Waals surface area (Å²) in [7, 11) is 0. The van der Waals surface area contributed by atoms with Crippen molar-refractivity contribution < 1.29 is 18.9 Å². The molecule has 1 aliphatic heterocycles. The minimum absolute atomic E-state index is 0.276. The van der Waals surface area contributed by atoms with Gasteiger partial charge in [0.25, 0.3) is 0 Å². The first-order valence-electron chi connectivity index (χ1n) is 13.0. The topological polar surface area (TPSA) is 36.9 Å². The van der Waals surface area contributed by atoms with Crippen LogP contribution >= 0.6 is 11.3 Å². The number of fused-ring (bicyclic) bond motifs is 1. The zero-order chi connectivity index (χ0) is 23.4. The zero-order valence-electron chi connectivity index (χ0n) is 21.6. The molecule has 1 aliphatic rings. The van der Waals surface area contributed by atoms with Gasteiger partial charge >= 0.3 is 0 Å². The lowest BCUT2D eigenvalue weighted by molar-refractivity contribution is -0.0716. The highest BCUT2D eigenvalue weighted by Gasteiger charge is 2.38. The van der Waals surface area contributed by atoms with E-state index in [1.807, 2.05) is 0 Å². The maximum atomic E-state index is 6.34. The van der Waals surface area contributed by atoms with Crippen LogP contribution in [-0.2, 0) is 9.47 Å². The second kappa shape index (κ2) is 14.5. The second-order valence-electron chi connectivity index (χ2n) is 9.81. The Morgan fingerprint density at radius 2 is 1.22 bits per heavy atom. The maximum Gasteiger partial charge on any atom is 0.175 e. The van der Waals surface area contributed by atoms with Gasteiger partial charge in [-0.3, -0.25) is 0 Å². The third kappa shape index (κ3) is 8.22. The third-order valence-electron chi connectivity index (χ3n) is 6.81. The molecule has 32 heavy (non-hydrogen) atoms. The average molecular weight is 469 g/mol. The number of rotatable bonds is 16. The van der Waals surface area contributed by atoms with E-state index in [1.165, 1.54) is 61.1 Å². The molecule has 2 atom stereocenters. The van der Waals surface area contributed by atoms with Crippen molar-refractivity contribution in [2.75, 3.05) is 39.6 Å². The fourth-order valence-electron chi connectivity index (χ4n) is 4.36. The van der Waals surface area contributed by atoms with Gasteiger partial charge in [-0.2, -0.15) is 0 Å². The van der Waals surface area contributed by atoms with E-state index in [-0.39, 0.29) is 5.41 Å². The van der Waals surface area contributed by atoms with Crippen LogP contribution < -0.4 is 9.47 Å². The highest BCUT2D eigenvalue weighted by molar-refractivity contribution is 7.12. The van der Waals surface area contributed by atoms with Crippen molar-refractivity contribution in [1.82, 2.24) is 0 Å². The molecule has 186 valence electrons. The van der Waals surface area contributed by atoms with Gasteiger partial charge in [0.15, 0.2) is 11.5 Å². The number of aryl methyl sites for hydroxylation is 2. The first kappa shape index (κ1) is 27.5. The summed E-state index contributed by atoms with van der Waals surface area (Å²) in [6.45, 7) is 17.3. The van der Waals surface area contributed by atoms with E-state index in [0.717, 1.165) is 24.7 Å². The van der Waals surface area contributed by atoms with E-state index in [0.29, 0.717) is 38.3 Å². The molecular weight excluding hydrogens is 420 g/mol. The number of hydrogen-bond donors (Lipinski definition) is 0. The largest absolute Gasteiger partial charge is 0.488 e. The van der Waals surface area contributed by atoms with Crippen LogP contribution in [0.1, 0.15) is 88.8 Å². The van der Waals surface area contributed by atoms with Crippen molar-refractivity contribution in [3.8, 4) is 11.5 Å². The quantitative estimate of drug-likeness (QED) is 0.250. The average Bonchev–Trinajstić information content (AvgIpc) is 2.95. The summed E-state index contributed by atoms with van der Waals surface area (Å²) in [6.07, 6.45) is 9.86. The Bertz CT molecular complexity index is 589. The fraction of sp³-hybridized carbons (Fsp3) is 0.852. The number of ether oxygens (including phenoxy) is 4. The van der Waals surface area contributed by atoms with E-state index < -0.39 is 0 Å². The number of unbranched alkanes of at least 4 members (excludes halogenated alkanes) is 2. The first-order valence-corrected chi connectivity index (χ1v) is 13.8. The van der Waals surface area contributed by atoms with Gasteiger partial charge in [0, 0.05) is 23.0 Å². The predicted molar refractivity (Wildman–Crippen MR) is 135 cm³/mol. The van der Waals surface area contributed by atoms with Gasteiger partial charge in [-0.05, 0) is 38.5 Å². The van der Waals surface area contributed by atoms with Crippen LogP contribution in [0.2, 0.25) is 0 Å². The molecule has 0 bridgehead atoms. The number of thiophene rings is 1. The molecule has 2 rings (SSSR count). The van der Waals surface area contributed by atoms with Crippen LogP contribution in [0.15, 0.2) is 0 Å². The van der Waals surface area contributed by atoms with Gasteiger partial charge in [-0.1, -0.05) is 66.2 Å². The summed E-state index contributed by atoms with van der Waals surface area (Å²) in [6, 6.07) is 0. The third-order valence-corrected chi connectivity index (χ3v) is 7.79. The van der Waals surface area contributed by atoms with Crippen LogP contribution in [0.5, 0.6) is 11.5 Å². The Labute approximate surface area is 201 Å². The molecule has 2 unspecified atom stereocenters. The lowest BCUT2D eigenvalue weighted by atomic mass is 9.91. The fourth-order valence-corrected chi connectivity index (χ4v) is 5.31. The van der Waals surface area contributed by atoms with Gasteiger partial charge in [0.2, 0.25) is 0 Å². The molecule has 0 aliphatic carbocycles. The van der Waals surface area contributed by atoms with Crippen molar-refractivity contribution in [1.29, 1.82) is 0 Å². The summed E-state index contributed by atoms with van der Waals surface area (Å²) in [4.78, 5) is 2.37. The predicted octanol–water partition coefficient (Wildman–Crippen LogP) is 7.59. The molecule has 0 N–H and O–H groups in total. The molecule has 0 aromatic carbocycles. The smallest absolute Gasteiger partial charge is 0.175 e. The lowest BCUT2D eigenvalue weighted by Crippen LogP contribution is -2.43. The minimum Gasteiger partial charge on any atom is -0.488 e. The van der Waals surface area contributed by atoms with Crippen LogP contribution in [-0.4, -0.2) is 39.6 Å². The molecule has 0 spiro atoms. The van der Waals surface area contributed by atoms with Crippen LogP contribution in [0.4, 0.5) is 0 Å². The molecule has 2 heterocycles. The van der Waals surface area contributed by atoms with E-state index in [2.05, 4.69) is 41.5 Å². The molecule has 1 aromatic rings. The Morgan fingerprint density at radius 3 is 1.59 bits per heavy atom. The Balaban J connectivity index is 2.01. The van der Waals surface area contributed by atoms with E-state index in [4.69, 9.17) is 18.9 Å².